The molecular weight excluding hydrogens is 628 g/mol. The number of aliphatic hydroxyl groups excluding tert-OH is 1. The number of anilines is 4. The number of benzene rings is 3. The number of pyridine rings is 1. The molecule has 0 aliphatic carbocycles. The molecule has 12 heteroatoms. The van der Waals surface area contributed by atoms with Crippen molar-refractivity contribution in [2.45, 2.75) is 25.5 Å². The zero-order valence-corrected chi connectivity index (χ0v) is 27.2. The maximum Gasteiger partial charge on any atom is 0.255 e. The molecule has 1 aliphatic rings. The Morgan fingerprint density at radius 1 is 0.979 bits per heavy atom. The Bertz CT molecular complexity index is 1920. The molecule has 0 saturated heterocycles. The lowest BCUT2D eigenvalue weighted by molar-refractivity contribution is -0.125. The summed E-state index contributed by atoms with van der Waals surface area (Å²) >= 11 is 0. The van der Waals surface area contributed by atoms with Gasteiger partial charge in [-0.3, -0.25) is 19.6 Å². The van der Waals surface area contributed by atoms with Gasteiger partial charge in [0.25, 0.3) is 11.8 Å². The molecule has 5 aromatic rings. The number of fused-ring (bicyclic) bond motifs is 1. The molecule has 2 amide bonds. The van der Waals surface area contributed by atoms with Crippen molar-refractivity contribution in [3.8, 4) is 11.3 Å². The maximum atomic E-state index is 13.7. The lowest BCUT2D eigenvalue weighted by atomic mass is 9.96. The molecule has 0 radical (unpaired) electrons. The van der Waals surface area contributed by atoms with Gasteiger partial charge in [0.05, 0.1) is 17.3 Å². The maximum absolute atomic E-state index is 13.7. The second-order valence-corrected chi connectivity index (χ2v) is 11.1. The Morgan fingerprint density at radius 2 is 1.81 bits per heavy atom. The first-order valence-corrected chi connectivity index (χ1v) is 15.2. The van der Waals surface area contributed by atoms with Crippen molar-refractivity contribution in [1.82, 2.24) is 20.3 Å². The summed E-state index contributed by atoms with van der Waals surface area (Å²) in [5, 5.41) is 20.5. The van der Waals surface area contributed by atoms with Crippen molar-refractivity contribution in [3.05, 3.63) is 126 Å². The van der Waals surface area contributed by atoms with E-state index in [0.29, 0.717) is 40.6 Å². The predicted molar refractivity (Wildman–Crippen MR) is 190 cm³/mol. The minimum Gasteiger partial charge on any atom is -0.381 e. The molecule has 6 rings (SSSR count). The number of amides is 2. The molecule has 0 bridgehead atoms. The molecule has 2 aromatic heterocycles. The normalized spacial score (nSPS) is 13.0. The Labute approximate surface area is 284 Å². The fourth-order valence-corrected chi connectivity index (χ4v) is 5.54. The van der Waals surface area contributed by atoms with Crippen LogP contribution in [0.3, 0.4) is 0 Å². The average molecular weight is 663 g/mol. The first kappa shape index (κ1) is 33.7. The van der Waals surface area contributed by atoms with Crippen molar-refractivity contribution in [3.63, 3.8) is 0 Å². The second-order valence-electron chi connectivity index (χ2n) is 11.1. The number of carbonyl (C=O) groups excluding carboxylic acids is 2. The van der Waals surface area contributed by atoms with Crippen molar-refractivity contribution >= 4 is 53.4 Å². The van der Waals surface area contributed by atoms with Crippen molar-refractivity contribution < 1.29 is 14.7 Å². The van der Waals surface area contributed by atoms with Crippen LogP contribution in [-0.2, 0) is 11.2 Å². The molecule has 0 spiro atoms. The van der Waals surface area contributed by atoms with Crippen LogP contribution >= 0.6 is 12.4 Å². The smallest absolute Gasteiger partial charge is 0.255 e. The summed E-state index contributed by atoms with van der Waals surface area (Å²) in [7, 11) is 1.57. The number of aliphatic imine (C=N–C) groups is 1. The van der Waals surface area contributed by atoms with Gasteiger partial charge < -0.3 is 26.0 Å². The third kappa shape index (κ3) is 7.49. The highest BCUT2D eigenvalue weighted by Gasteiger charge is 2.34. The van der Waals surface area contributed by atoms with Gasteiger partial charge in [-0.2, -0.15) is 0 Å². The summed E-state index contributed by atoms with van der Waals surface area (Å²) in [4.78, 5) is 45.9. The fourth-order valence-electron chi connectivity index (χ4n) is 5.54. The van der Waals surface area contributed by atoms with Gasteiger partial charge >= 0.3 is 0 Å². The number of aromatic nitrogens is 3. The number of nitrogens with zero attached hydrogens (tertiary/aromatic N) is 5. The number of hydrogen-bond acceptors (Lipinski definition) is 9. The number of hydrogen-bond donors (Lipinski definition) is 4. The summed E-state index contributed by atoms with van der Waals surface area (Å²) < 4.78 is 0. The van der Waals surface area contributed by atoms with E-state index in [2.05, 4.69) is 35.9 Å². The van der Waals surface area contributed by atoms with E-state index in [4.69, 9.17) is 0 Å². The molecule has 0 fully saturated rings. The summed E-state index contributed by atoms with van der Waals surface area (Å²) in [6.07, 6.45) is 5.69. The Hall–Kier alpha value is -5.65. The number of nitrogens with one attached hydrogen (secondary N) is 3. The van der Waals surface area contributed by atoms with Crippen molar-refractivity contribution in [2.75, 3.05) is 29.2 Å². The molecule has 0 unspecified atom stereocenters. The van der Waals surface area contributed by atoms with E-state index in [0.717, 1.165) is 22.4 Å². The minimum absolute atomic E-state index is 0. The molecule has 0 saturated carbocycles. The van der Waals surface area contributed by atoms with E-state index in [1.54, 1.807) is 56.1 Å². The standard InChI is InChI=1S/C36H34N8O3.ClH/c1-23-13-14-26(19-30(23)43-36-40-17-15-29(42-36)25-10-7-16-38-20-25)41-35(47)33(45)32(18-24-8-4-3-5-9-24)44-22-39-21-28-27(34(46)37-2)11-6-12-31(28)44;/h3-17,19-21,32-33,45H,18,22H2,1-2H3,(H,37,46)(H,41,47)(H,40,42,43);1H/t32-,33+;/m1./s1. The lowest BCUT2D eigenvalue weighted by Crippen LogP contribution is -2.51. The second kappa shape index (κ2) is 15.3. The van der Waals surface area contributed by atoms with E-state index >= 15 is 0 Å². The Balaban J connectivity index is 0.00000451. The number of aliphatic hydroxyl groups is 1. The van der Waals surface area contributed by atoms with Gasteiger partial charge in [-0.15, -0.1) is 12.4 Å². The predicted octanol–water partition coefficient (Wildman–Crippen LogP) is 5.18. The molecule has 3 aromatic carbocycles. The average Bonchev–Trinajstić information content (AvgIpc) is 3.12. The highest BCUT2D eigenvalue weighted by molar-refractivity contribution is 6.06. The van der Waals surface area contributed by atoms with Gasteiger partial charge in [-0.05, 0) is 66.9 Å². The van der Waals surface area contributed by atoms with Crippen LogP contribution in [0.25, 0.3) is 11.3 Å². The van der Waals surface area contributed by atoms with E-state index in [9.17, 15) is 14.7 Å². The molecule has 11 nitrogen and oxygen atoms in total. The molecule has 1 aliphatic heterocycles. The van der Waals surface area contributed by atoms with Gasteiger partial charge in [0.2, 0.25) is 5.95 Å². The summed E-state index contributed by atoms with van der Waals surface area (Å²) in [5.41, 5.74) is 6.43. The van der Waals surface area contributed by atoms with Crippen LogP contribution in [-0.4, -0.2) is 63.9 Å². The van der Waals surface area contributed by atoms with Crippen LogP contribution in [0.5, 0.6) is 0 Å². The fraction of sp³-hybridized carbons (Fsp3) is 0.167. The molecule has 48 heavy (non-hydrogen) atoms. The molecule has 244 valence electrons. The zero-order chi connectivity index (χ0) is 32.8. The van der Waals surface area contributed by atoms with E-state index in [1.165, 1.54) is 0 Å². The minimum atomic E-state index is -1.45. The van der Waals surface area contributed by atoms with Crippen LogP contribution in [0, 0.1) is 6.92 Å². The number of aryl methyl sites for hydroxylation is 1. The third-order valence-corrected chi connectivity index (χ3v) is 8.00. The molecular formula is C36H35ClN8O3. The Morgan fingerprint density at radius 3 is 2.58 bits per heavy atom. The van der Waals surface area contributed by atoms with Gasteiger partial charge in [0, 0.05) is 60.0 Å². The van der Waals surface area contributed by atoms with Crippen LogP contribution in [0.1, 0.15) is 27.0 Å². The first-order valence-electron chi connectivity index (χ1n) is 15.2. The van der Waals surface area contributed by atoms with Crippen molar-refractivity contribution in [2.24, 2.45) is 4.99 Å². The van der Waals surface area contributed by atoms with Crippen LogP contribution in [0.15, 0.2) is 109 Å². The van der Waals surface area contributed by atoms with E-state index in [-0.39, 0.29) is 25.0 Å². The van der Waals surface area contributed by atoms with Gasteiger partial charge in [0.15, 0.2) is 6.10 Å². The van der Waals surface area contributed by atoms with Gasteiger partial charge in [0.1, 0.15) is 6.67 Å². The largest absolute Gasteiger partial charge is 0.381 e. The number of carbonyl (C=O) groups is 2. The SMILES string of the molecule is CNC(=O)c1cccc2c1C=NCN2[C@H](Cc1ccccc1)[C@H](O)C(=O)Nc1ccc(C)c(Nc2nccc(-c3cccnc3)n2)c1.Cl. The van der Waals surface area contributed by atoms with Crippen LogP contribution < -0.4 is 20.9 Å². The van der Waals surface area contributed by atoms with E-state index in [1.807, 2.05) is 72.5 Å². The Kier molecular flexibility index (Phi) is 10.7. The third-order valence-electron chi connectivity index (χ3n) is 8.00. The van der Waals surface area contributed by atoms with Gasteiger partial charge in [-0.25, -0.2) is 9.97 Å². The summed E-state index contributed by atoms with van der Waals surface area (Å²) in [6.45, 7) is 2.15. The quantitative estimate of drug-likeness (QED) is 0.160. The molecule has 2 atom stereocenters. The van der Waals surface area contributed by atoms with Gasteiger partial charge in [-0.1, -0.05) is 42.5 Å². The van der Waals surface area contributed by atoms with Crippen LogP contribution in [0.2, 0.25) is 0 Å². The summed E-state index contributed by atoms with van der Waals surface area (Å²) in [5.74, 6) is -0.429. The van der Waals surface area contributed by atoms with E-state index < -0.39 is 18.1 Å². The van der Waals surface area contributed by atoms with Crippen LogP contribution in [0.4, 0.5) is 23.0 Å². The molecule has 4 N–H and O–H groups in total. The number of halogens is 1. The highest BCUT2D eigenvalue weighted by Crippen LogP contribution is 2.30. The van der Waals surface area contributed by atoms with Crippen molar-refractivity contribution in [1.29, 1.82) is 0 Å². The molecule has 3 heterocycles. The number of rotatable bonds is 10. The lowest BCUT2D eigenvalue weighted by Gasteiger charge is -2.38. The summed E-state index contributed by atoms with van der Waals surface area (Å²) in [6, 6.07) is 25.4. The topological polar surface area (TPSA) is 145 Å². The monoisotopic (exact) mass is 662 g/mol. The zero-order valence-electron chi connectivity index (χ0n) is 26.4. The highest BCUT2D eigenvalue weighted by atomic mass is 35.5. The first-order chi connectivity index (χ1) is 22.9.